The quantitative estimate of drug-likeness (QED) is 0.428. The van der Waals surface area contributed by atoms with Crippen LogP contribution in [0.4, 0.5) is 10.2 Å². The van der Waals surface area contributed by atoms with E-state index in [1.807, 2.05) is 4.90 Å². The lowest BCUT2D eigenvalue weighted by Crippen LogP contribution is -2.49. The lowest BCUT2D eigenvalue weighted by atomic mass is 10.1. The monoisotopic (exact) mass is 496 g/mol. The normalized spacial score (nSPS) is 14.1. The highest BCUT2D eigenvalue weighted by atomic mass is 35.5. The van der Waals surface area contributed by atoms with Gasteiger partial charge in [-0.3, -0.25) is 14.0 Å². The third-order valence-electron chi connectivity index (χ3n) is 6.25. The number of hydrogen-bond acceptors (Lipinski definition) is 7. The van der Waals surface area contributed by atoms with E-state index in [4.69, 9.17) is 16.6 Å². The SMILES string of the molecule is Cc1nc2c(-c3ccc(Cl)cc3F)nc(N3CCN(C(=O)c4nncn4C)CC3)cn2c(=O)c1C. The molecule has 3 aromatic heterocycles. The maximum absolute atomic E-state index is 14.9. The summed E-state index contributed by atoms with van der Waals surface area (Å²) in [7, 11) is 1.72. The van der Waals surface area contributed by atoms with Crippen LogP contribution in [0, 0.1) is 19.7 Å². The second-order valence-electron chi connectivity index (χ2n) is 8.44. The van der Waals surface area contributed by atoms with E-state index in [1.54, 1.807) is 42.6 Å². The van der Waals surface area contributed by atoms with Gasteiger partial charge in [0.05, 0.1) is 6.20 Å². The fraction of sp³-hybridized carbons (Fsp3) is 0.304. The van der Waals surface area contributed by atoms with Crippen LogP contribution < -0.4 is 10.5 Å². The average molecular weight is 497 g/mol. The summed E-state index contributed by atoms with van der Waals surface area (Å²) in [6.07, 6.45) is 3.10. The van der Waals surface area contributed by atoms with Gasteiger partial charge in [-0.25, -0.2) is 14.4 Å². The van der Waals surface area contributed by atoms with Gasteiger partial charge in [-0.05, 0) is 32.0 Å². The van der Waals surface area contributed by atoms with Crippen molar-refractivity contribution in [2.24, 2.45) is 7.05 Å². The van der Waals surface area contributed by atoms with E-state index < -0.39 is 5.82 Å². The fourth-order valence-corrected chi connectivity index (χ4v) is 4.25. The van der Waals surface area contributed by atoms with Gasteiger partial charge in [-0.2, -0.15) is 0 Å². The molecule has 10 nitrogen and oxygen atoms in total. The van der Waals surface area contributed by atoms with Crippen LogP contribution in [0.3, 0.4) is 0 Å². The first kappa shape index (κ1) is 22.9. The van der Waals surface area contributed by atoms with Crippen LogP contribution >= 0.6 is 11.6 Å². The zero-order valence-electron chi connectivity index (χ0n) is 19.4. The fourth-order valence-electron chi connectivity index (χ4n) is 4.10. The molecule has 12 heteroatoms. The van der Waals surface area contributed by atoms with Gasteiger partial charge in [-0.1, -0.05) is 11.6 Å². The third-order valence-corrected chi connectivity index (χ3v) is 6.48. The van der Waals surface area contributed by atoms with Crippen molar-refractivity contribution in [3.63, 3.8) is 0 Å². The van der Waals surface area contributed by atoms with Crippen molar-refractivity contribution in [3.8, 4) is 11.3 Å². The molecule has 35 heavy (non-hydrogen) atoms. The van der Waals surface area contributed by atoms with Crippen LogP contribution in [0.25, 0.3) is 16.9 Å². The summed E-state index contributed by atoms with van der Waals surface area (Å²) in [6, 6.07) is 4.31. The number of amides is 1. The number of carbonyl (C=O) groups is 1. The lowest BCUT2D eigenvalue weighted by molar-refractivity contribution is 0.0730. The van der Waals surface area contributed by atoms with Crippen LogP contribution in [0.2, 0.25) is 5.02 Å². The number of aromatic nitrogens is 6. The summed E-state index contributed by atoms with van der Waals surface area (Å²) in [5, 5.41) is 7.92. The molecule has 1 saturated heterocycles. The van der Waals surface area contributed by atoms with Gasteiger partial charge in [0.2, 0.25) is 5.82 Å². The van der Waals surface area contributed by atoms with Crippen molar-refractivity contribution >= 4 is 29.0 Å². The average Bonchev–Trinajstić information content (AvgIpc) is 3.28. The first-order chi connectivity index (χ1) is 16.7. The van der Waals surface area contributed by atoms with Crippen LogP contribution in [-0.4, -0.2) is 66.1 Å². The number of hydrogen-bond donors (Lipinski definition) is 0. The molecule has 1 aliphatic heterocycles. The summed E-state index contributed by atoms with van der Waals surface area (Å²) in [6.45, 7) is 5.23. The van der Waals surface area contributed by atoms with Crippen molar-refractivity contribution < 1.29 is 9.18 Å². The number of carbonyl (C=O) groups excluding carboxylic acids is 1. The number of fused-ring (bicyclic) bond motifs is 1. The number of anilines is 1. The Balaban J connectivity index is 1.54. The summed E-state index contributed by atoms with van der Waals surface area (Å²) < 4.78 is 17.9. The van der Waals surface area contributed by atoms with E-state index in [9.17, 15) is 14.0 Å². The summed E-state index contributed by atoms with van der Waals surface area (Å²) in [5.74, 6) is -0.00630. The highest BCUT2D eigenvalue weighted by Crippen LogP contribution is 2.29. The molecule has 1 aliphatic rings. The Labute approximate surface area is 204 Å². The number of halogens is 2. The molecule has 0 atom stereocenters. The lowest BCUT2D eigenvalue weighted by Gasteiger charge is -2.35. The van der Waals surface area contributed by atoms with E-state index in [-0.39, 0.29) is 39.2 Å². The molecule has 1 aromatic carbocycles. The van der Waals surface area contributed by atoms with Crippen molar-refractivity contribution in [2.45, 2.75) is 13.8 Å². The Bertz CT molecular complexity index is 1520. The Kier molecular flexibility index (Phi) is 5.72. The summed E-state index contributed by atoms with van der Waals surface area (Å²) >= 11 is 5.95. The van der Waals surface area contributed by atoms with Crippen LogP contribution in [0.1, 0.15) is 21.9 Å². The van der Waals surface area contributed by atoms with E-state index in [0.29, 0.717) is 43.3 Å². The minimum Gasteiger partial charge on any atom is -0.352 e. The third kappa shape index (κ3) is 4.01. The zero-order chi connectivity index (χ0) is 24.9. The molecule has 0 spiro atoms. The van der Waals surface area contributed by atoms with Crippen molar-refractivity contribution in [1.82, 2.24) is 34.0 Å². The topological polar surface area (TPSA) is 102 Å². The minimum absolute atomic E-state index is 0.194. The largest absolute Gasteiger partial charge is 0.352 e. The number of piperazine rings is 1. The summed E-state index contributed by atoms with van der Waals surface area (Å²) in [5.41, 5.74) is 1.51. The molecule has 4 heterocycles. The molecule has 0 N–H and O–H groups in total. The number of rotatable bonds is 3. The molecule has 0 radical (unpaired) electrons. The van der Waals surface area contributed by atoms with Gasteiger partial charge < -0.3 is 14.4 Å². The first-order valence-corrected chi connectivity index (χ1v) is 11.4. The molecule has 1 fully saturated rings. The molecular weight excluding hydrogens is 475 g/mol. The molecule has 180 valence electrons. The van der Waals surface area contributed by atoms with Crippen LogP contribution in [0.5, 0.6) is 0 Å². The van der Waals surface area contributed by atoms with Gasteiger partial charge in [0.1, 0.15) is 23.7 Å². The van der Waals surface area contributed by atoms with Gasteiger partial charge in [0.25, 0.3) is 11.5 Å². The summed E-state index contributed by atoms with van der Waals surface area (Å²) in [4.78, 5) is 38.8. The number of nitrogens with zero attached hydrogens (tertiary/aromatic N) is 8. The van der Waals surface area contributed by atoms with Crippen LogP contribution in [-0.2, 0) is 7.05 Å². The highest BCUT2D eigenvalue weighted by Gasteiger charge is 2.27. The number of aryl methyl sites for hydroxylation is 2. The molecule has 0 aliphatic carbocycles. The molecule has 1 amide bonds. The van der Waals surface area contributed by atoms with E-state index in [1.165, 1.54) is 22.9 Å². The molecule has 0 bridgehead atoms. The Hall–Kier alpha value is -3.86. The molecule has 0 unspecified atom stereocenters. The first-order valence-electron chi connectivity index (χ1n) is 11.0. The second kappa shape index (κ2) is 8.73. The Morgan fingerprint density at radius 1 is 1.11 bits per heavy atom. The van der Waals surface area contributed by atoms with E-state index in [2.05, 4.69) is 15.2 Å². The van der Waals surface area contributed by atoms with Gasteiger partial charge in [0, 0.05) is 55.1 Å². The predicted molar refractivity (Wildman–Crippen MR) is 128 cm³/mol. The molecule has 4 aromatic rings. The van der Waals surface area contributed by atoms with Gasteiger partial charge in [-0.15, -0.1) is 10.2 Å². The van der Waals surface area contributed by atoms with E-state index >= 15 is 0 Å². The minimum atomic E-state index is -0.560. The molecule has 5 rings (SSSR count). The van der Waals surface area contributed by atoms with Gasteiger partial charge in [0.15, 0.2) is 5.65 Å². The molecule has 0 saturated carbocycles. The number of benzene rings is 1. The zero-order valence-corrected chi connectivity index (χ0v) is 20.1. The maximum Gasteiger partial charge on any atom is 0.291 e. The maximum atomic E-state index is 14.9. The smallest absolute Gasteiger partial charge is 0.291 e. The highest BCUT2D eigenvalue weighted by molar-refractivity contribution is 6.30. The van der Waals surface area contributed by atoms with Gasteiger partial charge >= 0.3 is 0 Å². The Morgan fingerprint density at radius 3 is 2.51 bits per heavy atom. The van der Waals surface area contributed by atoms with E-state index in [0.717, 1.165) is 0 Å². The van der Waals surface area contributed by atoms with Crippen LogP contribution in [0.15, 0.2) is 35.5 Å². The Morgan fingerprint density at radius 2 is 1.86 bits per heavy atom. The van der Waals surface area contributed by atoms with Crippen molar-refractivity contribution in [1.29, 1.82) is 0 Å². The van der Waals surface area contributed by atoms with Crippen molar-refractivity contribution in [2.75, 3.05) is 31.1 Å². The molecular formula is C23H22ClFN8O2. The second-order valence-corrected chi connectivity index (χ2v) is 8.87. The predicted octanol–water partition coefficient (Wildman–Crippen LogP) is 2.26. The standard InChI is InChI=1S/C23H22ClFN8O2/c1-13-14(2)27-20-19(16-5-4-15(24)10-17(16)25)28-18(11-33(20)22(13)34)31-6-8-32(9-7-31)23(35)21-29-26-12-30(21)3/h4-5,10-12H,6-9H2,1-3H3. The van der Waals surface area contributed by atoms with Crippen molar-refractivity contribution in [3.05, 3.63) is 69.0 Å².